The van der Waals surface area contributed by atoms with Crippen LogP contribution in [0.2, 0.25) is 0 Å². The fourth-order valence-corrected chi connectivity index (χ4v) is 11.8. The van der Waals surface area contributed by atoms with Gasteiger partial charge in [-0.1, -0.05) is 84.4 Å². The molecule has 4 saturated carbocycles. The van der Waals surface area contributed by atoms with Gasteiger partial charge in [0, 0.05) is 24.3 Å². The Morgan fingerprint density at radius 2 is 1.58 bits per heavy atom. The standard InChI is InChI=1S/C39H56N2O4/c1-25(42)40-31-15-16-37(6)30(34(31,2)3)14-17-39(8)32(37)29(43)22-27-28-23-36(5,19-18-35(28,4)20-21-38(27,39)7)33(44)41-45-24-26-12-10-9-11-13-26/h9-13,22,28,30-32H,14-21,23-24H2,1-8H3,(H,40,42)(H,41,44)/t28?,30?,31-,32?,35+,36-,37-,38+,39+/m0/s1. The number of ketones is 1. The minimum Gasteiger partial charge on any atom is -0.353 e. The van der Waals surface area contributed by atoms with Gasteiger partial charge in [-0.3, -0.25) is 19.2 Å². The minimum atomic E-state index is -0.559. The molecule has 3 unspecified atom stereocenters. The first-order valence-corrected chi connectivity index (χ1v) is 17.5. The predicted octanol–water partition coefficient (Wildman–Crippen LogP) is 7.72. The van der Waals surface area contributed by atoms with Gasteiger partial charge < -0.3 is 5.32 Å². The summed E-state index contributed by atoms with van der Waals surface area (Å²) in [5, 5.41) is 3.26. The Kier molecular flexibility index (Phi) is 7.78. The van der Waals surface area contributed by atoms with Crippen LogP contribution in [0.3, 0.4) is 0 Å². The smallest absolute Gasteiger partial charge is 0.249 e. The maximum Gasteiger partial charge on any atom is 0.249 e. The molecule has 6 rings (SSSR count). The lowest BCUT2D eigenvalue weighted by molar-refractivity contribution is -0.189. The summed E-state index contributed by atoms with van der Waals surface area (Å²) in [6.45, 7) is 18.4. The lowest BCUT2D eigenvalue weighted by atomic mass is 9.33. The monoisotopic (exact) mass is 616 g/mol. The van der Waals surface area contributed by atoms with Gasteiger partial charge in [0.2, 0.25) is 11.8 Å². The van der Waals surface area contributed by atoms with E-state index in [1.807, 2.05) is 30.3 Å². The SMILES string of the molecule is CC(=O)N[C@H]1CC[C@@]2(C)C(CC[C@]3(C)C2C(=O)C=C2C4C[C@@](C)(C(=O)NOCc5ccccc5)CC[C@]4(C)CC[C@]23C)C1(C)C. The van der Waals surface area contributed by atoms with E-state index in [2.05, 4.69) is 65.3 Å². The molecule has 6 nitrogen and oxygen atoms in total. The van der Waals surface area contributed by atoms with Crippen LogP contribution in [0.1, 0.15) is 119 Å². The molecule has 1 aromatic rings. The maximum absolute atomic E-state index is 14.7. The molecule has 0 aliphatic heterocycles. The van der Waals surface area contributed by atoms with E-state index in [1.54, 1.807) is 6.92 Å². The van der Waals surface area contributed by atoms with Crippen LogP contribution in [0.4, 0.5) is 0 Å². The molecule has 5 aliphatic rings. The summed E-state index contributed by atoms with van der Waals surface area (Å²) < 4.78 is 0. The quantitative estimate of drug-likeness (QED) is 0.332. The van der Waals surface area contributed by atoms with Gasteiger partial charge in [-0.15, -0.1) is 0 Å². The molecule has 6 heteroatoms. The number of hydroxylamine groups is 1. The van der Waals surface area contributed by atoms with Gasteiger partial charge in [-0.05, 0) is 108 Å². The Morgan fingerprint density at radius 1 is 0.889 bits per heavy atom. The lowest BCUT2D eigenvalue weighted by Crippen LogP contribution is -2.67. The molecule has 0 bridgehead atoms. The number of benzene rings is 1. The van der Waals surface area contributed by atoms with Gasteiger partial charge in [0.25, 0.3) is 0 Å². The lowest BCUT2D eigenvalue weighted by Gasteiger charge is -2.70. The number of carbonyl (C=O) groups is 3. The van der Waals surface area contributed by atoms with E-state index in [4.69, 9.17) is 4.84 Å². The molecule has 246 valence electrons. The minimum absolute atomic E-state index is 0.0346. The van der Waals surface area contributed by atoms with Crippen LogP contribution in [-0.4, -0.2) is 23.6 Å². The summed E-state index contributed by atoms with van der Waals surface area (Å²) in [7, 11) is 0. The predicted molar refractivity (Wildman–Crippen MR) is 176 cm³/mol. The molecule has 0 spiro atoms. The number of carbonyl (C=O) groups excluding carboxylic acids is 3. The van der Waals surface area contributed by atoms with Crippen molar-refractivity contribution in [2.24, 2.45) is 50.2 Å². The van der Waals surface area contributed by atoms with Crippen LogP contribution in [0, 0.1) is 50.2 Å². The third kappa shape index (κ3) is 4.86. The molecular formula is C39H56N2O4. The van der Waals surface area contributed by atoms with E-state index < -0.39 is 5.41 Å². The van der Waals surface area contributed by atoms with Crippen molar-refractivity contribution in [1.82, 2.24) is 10.8 Å². The second-order valence-electron chi connectivity index (χ2n) is 17.6. The second kappa shape index (κ2) is 10.8. The zero-order chi connectivity index (χ0) is 32.6. The Bertz CT molecular complexity index is 1400. The molecule has 0 radical (unpaired) electrons. The third-order valence-corrected chi connectivity index (χ3v) is 14.8. The van der Waals surface area contributed by atoms with Crippen LogP contribution in [0.15, 0.2) is 42.0 Å². The van der Waals surface area contributed by atoms with Gasteiger partial charge in [0.1, 0.15) is 0 Å². The van der Waals surface area contributed by atoms with Gasteiger partial charge >= 0.3 is 0 Å². The van der Waals surface area contributed by atoms with Crippen LogP contribution < -0.4 is 10.8 Å². The normalized spacial score (nSPS) is 43.5. The number of amides is 2. The van der Waals surface area contributed by atoms with Gasteiger partial charge in [-0.25, -0.2) is 5.48 Å². The van der Waals surface area contributed by atoms with Crippen molar-refractivity contribution in [2.45, 2.75) is 126 Å². The van der Waals surface area contributed by atoms with Crippen molar-refractivity contribution in [3.05, 3.63) is 47.5 Å². The molecule has 45 heavy (non-hydrogen) atoms. The highest BCUT2D eigenvalue weighted by molar-refractivity contribution is 5.95. The maximum atomic E-state index is 14.7. The van der Waals surface area contributed by atoms with Crippen molar-refractivity contribution < 1.29 is 19.2 Å². The molecule has 2 N–H and O–H groups in total. The van der Waals surface area contributed by atoms with Crippen molar-refractivity contribution in [3.8, 4) is 0 Å². The molecule has 0 aromatic heterocycles. The number of allylic oxidation sites excluding steroid dienone is 2. The highest BCUT2D eigenvalue weighted by atomic mass is 16.6. The highest BCUT2D eigenvalue weighted by Crippen LogP contribution is 2.75. The van der Waals surface area contributed by atoms with E-state index >= 15 is 0 Å². The van der Waals surface area contributed by atoms with Crippen LogP contribution in [0.25, 0.3) is 0 Å². The second-order valence-corrected chi connectivity index (χ2v) is 17.6. The van der Waals surface area contributed by atoms with Crippen molar-refractivity contribution in [3.63, 3.8) is 0 Å². The number of fused-ring (bicyclic) bond motifs is 7. The topological polar surface area (TPSA) is 84.5 Å². The van der Waals surface area contributed by atoms with Gasteiger partial charge in [0.05, 0.1) is 6.61 Å². The van der Waals surface area contributed by atoms with E-state index in [-0.39, 0.29) is 56.8 Å². The van der Waals surface area contributed by atoms with E-state index in [0.717, 1.165) is 63.4 Å². The zero-order valence-corrected chi connectivity index (χ0v) is 29.0. The average Bonchev–Trinajstić information content (AvgIpc) is 2.97. The Balaban J connectivity index is 1.29. The fraction of sp³-hybridized carbons (Fsp3) is 0.718. The summed E-state index contributed by atoms with van der Waals surface area (Å²) in [6.07, 6.45) is 10.8. The number of nitrogens with one attached hydrogen (secondary N) is 2. The third-order valence-electron chi connectivity index (χ3n) is 14.8. The first kappa shape index (κ1) is 32.5. The fourth-order valence-electron chi connectivity index (χ4n) is 11.8. The first-order chi connectivity index (χ1) is 21.0. The number of rotatable bonds is 5. The molecule has 4 fully saturated rings. The van der Waals surface area contributed by atoms with Crippen LogP contribution in [0.5, 0.6) is 0 Å². The van der Waals surface area contributed by atoms with Crippen molar-refractivity contribution in [1.29, 1.82) is 0 Å². The van der Waals surface area contributed by atoms with Crippen LogP contribution in [-0.2, 0) is 25.8 Å². The Labute approximate surface area is 270 Å². The molecular weight excluding hydrogens is 560 g/mol. The molecule has 5 aliphatic carbocycles. The number of hydrogen-bond donors (Lipinski definition) is 2. The summed E-state index contributed by atoms with van der Waals surface area (Å²) in [5.41, 5.74) is 4.21. The molecule has 1 aromatic carbocycles. The van der Waals surface area contributed by atoms with Crippen molar-refractivity contribution in [2.75, 3.05) is 0 Å². The highest BCUT2D eigenvalue weighted by Gasteiger charge is 2.70. The summed E-state index contributed by atoms with van der Waals surface area (Å²) in [6, 6.07) is 10.0. The molecule has 2 amide bonds. The summed E-state index contributed by atoms with van der Waals surface area (Å²) in [4.78, 5) is 46.2. The molecule has 0 saturated heterocycles. The summed E-state index contributed by atoms with van der Waals surface area (Å²) in [5.74, 6) is 0.803. The largest absolute Gasteiger partial charge is 0.353 e. The van der Waals surface area contributed by atoms with Crippen molar-refractivity contribution >= 4 is 17.6 Å². The van der Waals surface area contributed by atoms with E-state index in [0.29, 0.717) is 18.3 Å². The molecule has 9 atom stereocenters. The van der Waals surface area contributed by atoms with Crippen LogP contribution >= 0.6 is 0 Å². The average molecular weight is 617 g/mol. The molecule has 0 heterocycles. The van der Waals surface area contributed by atoms with Gasteiger partial charge in [-0.2, -0.15) is 0 Å². The summed E-state index contributed by atoms with van der Waals surface area (Å²) >= 11 is 0. The Morgan fingerprint density at radius 3 is 2.27 bits per heavy atom. The van der Waals surface area contributed by atoms with E-state index in [1.165, 1.54) is 5.57 Å². The number of hydrogen-bond acceptors (Lipinski definition) is 4. The Hall–Kier alpha value is -2.47. The van der Waals surface area contributed by atoms with Gasteiger partial charge in [0.15, 0.2) is 5.78 Å². The first-order valence-electron chi connectivity index (χ1n) is 17.5. The van der Waals surface area contributed by atoms with E-state index in [9.17, 15) is 14.4 Å². The zero-order valence-electron chi connectivity index (χ0n) is 29.0.